The first-order valence-electron chi connectivity index (χ1n) is 8.48. The zero-order valence-corrected chi connectivity index (χ0v) is 17.0. The van der Waals surface area contributed by atoms with Gasteiger partial charge >= 0.3 is 0 Å². The van der Waals surface area contributed by atoms with Crippen molar-refractivity contribution in [1.82, 2.24) is 9.71 Å². The van der Waals surface area contributed by atoms with Gasteiger partial charge in [0.25, 0.3) is 0 Å². The van der Waals surface area contributed by atoms with Crippen molar-refractivity contribution >= 4 is 33.0 Å². The van der Waals surface area contributed by atoms with Crippen LogP contribution in [0.1, 0.15) is 38.6 Å². The molecular formula is C18H23N3O3S2. The second kappa shape index (κ2) is 6.75. The van der Waals surface area contributed by atoms with E-state index in [2.05, 4.69) is 9.71 Å². The zero-order chi connectivity index (χ0) is 19.1. The molecule has 1 aliphatic rings. The molecule has 1 N–H and O–H groups in total. The molecule has 140 valence electrons. The number of anilines is 1. The monoisotopic (exact) mass is 393 g/mol. The van der Waals surface area contributed by atoms with Gasteiger partial charge in [-0.3, -0.25) is 4.79 Å². The van der Waals surface area contributed by atoms with Crippen molar-refractivity contribution in [1.29, 1.82) is 0 Å². The Labute approximate surface area is 158 Å². The second-order valence-corrected chi connectivity index (χ2v) is 10.3. The van der Waals surface area contributed by atoms with E-state index >= 15 is 0 Å². The smallest absolute Gasteiger partial charge is 0.241 e. The average Bonchev–Trinajstić information content (AvgIpc) is 3.13. The van der Waals surface area contributed by atoms with Gasteiger partial charge in [0.15, 0.2) is 0 Å². The van der Waals surface area contributed by atoms with Gasteiger partial charge in [-0.2, -0.15) is 0 Å². The molecule has 0 radical (unpaired) electrons. The molecule has 0 bridgehead atoms. The summed E-state index contributed by atoms with van der Waals surface area (Å²) in [4.78, 5) is 18.9. The molecule has 26 heavy (non-hydrogen) atoms. The minimum absolute atomic E-state index is 0.0264. The number of aryl methyl sites for hydroxylation is 1. The topological polar surface area (TPSA) is 79.4 Å². The Morgan fingerprint density at radius 3 is 2.54 bits per heavy atom. The van der Waals surface area contributed by atoms with Crippen LogP contribution in [0.2, 0.25) is 0 Å². The normalized spacial score (nSPS) is 15.7. The molecule has 1 aromatic carbocycles. The molecule has 0 atom stereocenters. The van der Waals surface area contributed by atoms with Crippen LogP contribution in [0, 0.1) is 6.92 Å². The van der Waals surface area contributed by atoms with Gasteiger partial charge in [0.1, 0.15) is 0 Å². The Bertz CT molecular complexity index is 943. The highest BCUT2D eigenvalue weighted by atomic mass is 32.2. The van der Waals surface area contributed by atoms with Crippen LogP contribution < -0.4 is 9.62 Å². The standard InChI is InChI=1S/C18H23N3O3S2/c1-12-19-11-15(25-12)14-8-7-13(21-9-5-6-17(21)22)10-16(14)26(23,24)20-18(2,3)4/h7-8,10-11,20H,5-6,9H2,1-4H3. The summed E-state index contributed by atoms with van der Waals surface area (Å²) in [5.74, 6) is 0.0264. The fraction of sp³-hybridized carbons (Fsp3) is 0.444. The summed E-state index contributed by atoms with van der Waals surface area (Å²) in [7, 11) is -3.77. The van der Waals surface area contributed by atoms with Crippen molar-refractivity contribution < 1.29 is 13.2 Å². The molecule has 3 rings (SSSR count). The van der Waals surface area contributed by atoms with E-state index in [1.54, 1.807) is 44.0 Å². The summed E-state index contributed by atoms with van der Waals surface area (Å²) >= 11 is 1.44. The number of hydrogen-bond donors (Lipinski definition) is 1. The predicted molar refractivity (Wildman–Crippen MR) is 104 cm³/mol. The van der Waals surface area contributed by atoms with Crippen molar-refractivity contribution in [3.63, 3.8) is 0 Å². The second-order valence-electron chi connectivity index (χ2n) is 7.43. The van der Waals surface area contributed by atoms with Crippen molar-refractivity contribution in [2.24, 2.45) is 0 Å². The van der Waals surface area contributed by atoms with Crippen LogP contribution in [-0.2, 0) is 14.8 Å². The van der Waals surface area contributed by atoms with Crippen LogP contribution in [0.3, 0.4) is 0 Å². The van der Waals surface area contributed by atoms with Crippen LogP contribution in [0.15, 0.2) is 29.3 Å². The lowest BCUT2D eigenvalue weighted by Gasteiger charge is -2.23. The van der Waals surface area contributed by atoms with Crippen LogP contribution in [0.5, 0.6) is 0 Å². The number of sulfonamides is 1. The van der Waals surface area contributed by atoms with E-state index in [9.17, 15) is 13.2 Å². The van der Waals surface area contributed by atoms with Gasteiger partial charge in [-0.15, -0.1) is 11.3 Å². The molecule has 6 nitrogen and oxygen atoms in total. The lowest BCUT2D eigenvalue weighted by molar-refractivity contribution is -0.117. The van der Waals surface area contributed by atoms with Crippen molar-refractivity contribution in [2.45, 2.75) is 51.0 Å². The van der Waals surface area contributed by atoms with E-state index in [1.807, 2.05) is 13.0 Å². The third-order valence-electron chi connectivity index (χ3n) is 3.97. The van der Waals surface area contributed by atoms with E-state index in [4.69, 9.17) is 0 Å². The number of aromatic nitrogens is 1. The highest BCUT2D eigenvalue weighted by Gasteiger charge is 2.28. The van der Waals surface area contributed by atoms with Crippen molar-refractivity contribution in [3.05, 3.63) is 29.4 Å². The van der Waals surface area contributed by atoms with Crippen LogP contribution in [-0.4, -0.2) is 31.4 Å². The number of amides is 1. The highest BCUT2D eigenvalue weighted by molar-refractivity contribution is 7.89. The number of carbonyl (C=O) groups is 1. The molecule has 0 unspecified atom stereocenters. The quantitative estimate of drug-likeness (QED) is 0.864. The molecule has 2 aromatic rings. The van der Waals surface area contributed by atoms with Gasteiger partial charge in [0.2, 0.25) is 15.9 Å². The first kappa shape index (κ1) is 19.0. The maximum Gasteiger partial charge on any atom is 0.241 e. The molecule has 1 aromatic heterocycles. The van der Waals surface area contributed by atoms with E-state index in [0.29, 0.717) is 24.2 Å². The highest BCUT2D eigenvalue weighted by Crippen LogP contribution is 2.35. The first-order chi connectivity index (χ1) is 12.1. The molecule has 1 aliphatic heterocycles. The van der Waals surface area contributed by atoms with Crippen LogP contribution >= 0.6 is 11.3 Å². The molecule has 0 spiro atoms. The number of thiazole rings is 1. The lowest BCUT2D eigenvalue weighted by Crippen LogP contribution is -2.40. The maximum absolute atomic E-state index is 13.1. The molecule has 8 heteroatoms. The van der Waals surface area contributed by atoms with E-state index in [-0.39, 0.29) is 10.8 Å². The number of hydrogen-bond acceptors (Lipinski definition) is 5. The Morgan fingerprint density at radius 1 is 1.27 bits per heavy atom. The molecule has 2 heterocycles. The fourth-order valence-electron chi connectivity index (χ4n) is 2.97. The molecule has 0 saturated carbocycles. The minimum atomic E-state index is -3.77. The Balaban J connectivity index is 2.15. The minimum Gasteiger partial charge on any atom is -0.312 e. The van der Waals surface area contributed by atoms with Gasteiger partial charge in [0, 0.05) is 36.0 Å². The molecule has 0 aliphatic carbocycles. The largest absolute Gasteiger partial charge is 0.312 e. The summed E-state index contributed by atoms with van der Waals surface area (Å²) in [6.07, 6.45) is 2.97. The van der Waals surface area contributed by atoms with Gasteiger partial charge < -0.3 is 4.90 Å². The molecule has 1 amide bonds. The number of nitrogens with zero attached hydrogens (tertiary/aromatic N) is 2. The summed E-state index contributed by atoms with van der Waals surface area (Å²) in [6.45, 7) is 7.90. The Hall–Kier alpha value is -1.77. The van der Waals surface area contributed by atoms with Crippen LogP contribution in [0.4, 0.5) is 5.69 Å². The van der Waals surface area contributed by atoms with Gasteiger partial charge in [-0.1, -0.05) is 6.07 Å². The number of benzene rings is 1. The van der Waals surface area contributed by atoms with Crippen molar-refractivity contribution in [3.8, 4) is 10.4 Å². The van der Waals surface area contributed by atoms with Crippen molar-refractivity contribution in [2.75, 3.05) is 11.4 Å². The first-order valence-corrected chi connectivity index (χ1v) is 10.8. The predicted octanol–water partition coefficient (Wildman–Crippen LogP) is 3.32. The van der Waals surface area contributed by atoms with E-state index < -0.39 is 15.6 Å². The summed E-state index contributed by atoms with van der Waals surface area (Å²) < 4.78 is 28.8. The van der Waals surface area contributed by atoms with Crippen LogP contribution in [0.25, 0.3) is 10.4 Å². The maximum atomic E-state index is 13.1. The van der Waals surface area contributed by atoms with E-state index in [0.717, 1.165) is 16.3 Å². The lowest BCUT2D eigenvalue weighted by atomic mass is 10.1. The summed E-state index contributed by atoms with van der Waals surface area (Å²) in [5.41, 5.74) is 0.605. The number of carbonyl (C=O) groups excluding carboxylic acids is 1. The zero-order valence-electron chi connectivity index (χ0n) is 15.4. The molecule has 1 saturated heterocycles. The Kier molecular flexibility index (Phi) is 4.94. The third-order valence-corrected chi connectivity index (χ3v) is 6.71. The summed E-state index contributed by atoms with van der Waals surface area (Å²) in [6, 6.07) is 5.18. The fourth-order valence-corrected chi connectivity index (χ4v) is 5.51. The molecule has 1 fully saturated rings. The average molecular weight is 394 g/mol. The van der Waals surface area contributed by atoms with E-state index in [1.165, 1.54) is 11.3 Å². The van der Waals surface area contributed by atoms with Gasteiger partial charge in [-0.05, 0) is 46.2 Å². The third kappa shape index (κ3) is 3.97. The number of nitrogens with one attached hydrogen (secondary N) is 1. The van der Waals surface area contributed by atoms with Gasteiger partial charge in [0.05, 0.1) is 14.8 Å². The van der Waals surface area contributed by atoms with Gasteiger partial charge in [-0.25, -0.2) is 18.1 Å². The number of rotatable bonds is 4. The molecular weight excluding hydrogens is 370 g/mol. The Morgan fingerprint density at radius 2 is 2.00 bits per heavy atom. The SMILES string of the molecule is Cc1ncc(-c2ccc(N3CCCC3=O)cc2S(=O)(=O)NC(C)(C)C)s1. The summed E-state index contributed by atoms with van der Waals surface area (Å²) in [5, 5.41) is 0.867.